The van der Waals surface area contributed by atoms with Crippen LogP contribution in [-0.2, 0) is 0 Å². The summed E-state index contributed by atoms with van der Waals surface area (Å²) >= 11 is 0. The molecule has 2 atom stereocenters. The Morgan fingerprint density at radius 2 is 2.08 bits per heavy atom. The van der Waals surface area contributed by atoms with Gasteiger partial charge in [0.2, 0.25) is 0 Å². The summed E-state index contributed by atoms with van der Waals surface area (Å²) in [6.07, 6.45) is 3.96. The van der Waals surface area contributed by atoms with Crippen LogP contribution in [-0.4, -0.2) is 37.3 Å². The second kappa shape index (κ2) is 7.87. The molecule has 1 aromatic carbocycles. The number of hydrogen-bond acceptors (Lipinski definition) is 3. The Balaban J connectivity index is 0.00000208. The number of piperidine rings is 1. The van der Waals surface area contributed by atoms with Crippen LogP contribution in [0.3, 0.4) is 0 Å². The fraction of sp³-hybridized carbons (Fsp3) is 0.526. The first-order valence-electron chi connectivity index (χ1n) is 8.49. The van der Waals surface area contributed by atoms with Gasteiger partial charge in [0, 0.05) is 17.5 Å². The van der Waals surface area contributed by atoms with Crippen molar-refractivity contribution < 1.29 is 37.6 Å². The van der Waals surface area contributed by atoms with E-state index in [-0.39, 0.29) is 29.6 Å². The average molecular weight is 443 g/mol. The highest BCUT2D eigenvalue weighted by Gasteiger charge is 2.31. The van der Waals surface area contributed by atoms with Gasteiger partial charge in [-0.15, -0.1) is 0 Å². The third-order valence-electron chi connectivity index (χ3n) is 5.40. The number of halogens is 1. The van der Waals surface area contributed by atoms with E-state index in [2.05, 4.69) is 14.0 Å². The van der Waals surface area contributed by atoms with Crippen LogP contribution in [0.25, 0.3) is 11.0 Å². The van der Waals surface area contributed by atoms with Gasteiger partial charge in [-0.1, -0.05) is 0 Å². The quantitative estimate of drug-likeness (QED) is 0.393. The fourth-order valence-electron chi connectivity index (χ4n) is 3.54. The predicted molar refractivity (Wildman–Crippen MR) is 91.9 cm³/mol. The van der Waals surface area contributed by atoms with Crippen LogP contribution < -0.4 is 34.3 Å². The molecule has 2 aromatic rings. The van der Waals surface area contributed by atoms with Crippen molar-refractivity contribution in [2.24, 2.45) is 0 Å². The summed E-state index contributed by atoms with van der Waals surface area (Å²) in [5, 5.41) is 0.959. The van der Waals surface area contributed by atoms with Gasteiger partial charge >= 0.3 is 5.63 Å². The van der Waals surface area contributed by atoms with Crippen LogP contribution in [0.2, 0.25) is 0 Å². The lowest BCUT2D eigenvalue weighted by molar-refractivity contribution is -0.936. The summed E-state index contributed by atoms with van der Waals surface area (Å²) in [6.45, 7) is 7.19. The van der Waals surface area contributed by atoms with E-state index in [1.54, 1.807) is 0 Å². The number of quaternary nitrogens is 1. The van der Waals surface area contributed by atoms with Crippen LogP contribution in [0.4, 0.5) is 0 Å². The van der Waals surface area contributed by atoms with Crippen molar-refractivity contribution in [3.63, 3.8) is 0 Å². The average Bonchev–Trinajstić information content (AvgIpc) is 2.50. The number of likely N-dealkylation sites (tertiary alicyclic amines) is 1. The van der Waals surface area contributed by atoms with E-state index in [0.717, 1.165) is 27.7 Å². The molecule has 1 saturated heterocycles. The van der Waals surface area contributed by atoms with Crippen molar-refractivity contribution in [1.82, 2.24) is 0 Å². The minimum Gasteiger partial charge on any atom is -1.00 e. The van der Waals surface area contributed by atoms with Gasteiger partial charge in [0.1, 0.15) is 24.5 Å². The van der Waals surface area contributed by atoms with Crippen LogP contribution in [0.5, 0.6) is 5.75 Å². The molecule has 1 aliphatic heterocycles. The second-order valence-corrected chi connectivity index (χ2v) is 7.03. The number of benzene rings is 1. The van der Waals surface area contributed by atoms with E-state index in [0.29, 0.717) is 18.2 Å². The maximum atomic E-state index is 11.5. The van der Waals surface area contributed by atoms with Crippen LogP contribution in [0.15, 0.2) is 33.5 Å². The summed E-state index contributed by atoms with van der Waals surface area (Å²) in [4.78, 5) is 11.5. The molecule has 2 unspecified atom stereocenters. The summed E-state index contributed by atoms with van der Waals surface area (Å²) < 4.78 is 12.3. The van der Waals surface area contributed by atoms with Gasteiger partial charge in [-0.2, -0.15) is 0 Å². The molecule has 5 heteroatoms. The van der Waals surface area contributed by atoms with E-state index in [4.69, 9.17) is 9.15 Å². The number of likely N-dealkylation sites (N-methyl/N-ethyl adjacent to an activating group) is 1. The smallest absolute Gasteiger partial charge is 0.336 e. The molecule has 0 radical (unpaired) electrons. The minimum atomic E-state index is -0.313. The number of hydrogen-bond donors (Lipinski definition) is 0. The number of fused-ring (bicyclic) bond motifs is 1. The highest BCUT2D eigenvalue weighted by Crippen LogP contribution is 2.25. The zero-order chi connectivity index (χ0) is 16.4. The summed E-state index contributed by atoms with van der Waals surface area (Å²) in [7, 11) is 2.33. The Morgan fingerprint density at radius 1 is 1.29 bits per heavy atom. The van der Waals surface area contributed by atoms with Gasteiger partial charge in [0.25, 0.3) is 0 Å². The molecule has 1 aromatic heterocycles. The van der Waals surface area contributed by atoms with Crippen molar-refractivity contribution in [2.45, 2.75) is 39.2 Å². The SMILES string of the molecule is Cc1cc(=O)oc2cc(OCC[N+]3(C)CCCCC3C)ccc12.[I-]. The molecule has 0 amide bonds. The molecule has 132 valence electrons. The topological polar surface area (TPSA) is 39.4 Å². The maximum absolute atomic E-state index is 11.5. The molecular formula is C19H26INO3. The maximum Gasteiger partial charge on any atom is 0.336 e. The molecule has 0 saturated carbocycles. The van der Waals surface area contributed by atoms with E-state index < -0.39 is 0 Å². The first kappa shape index (κ1) is 19.2. The lowest BCUT2D eigenvalue weighted by Gasteiger charge is -2.43. The van der Waals surface area contributed by atoms with E-state index >= 15 is 0 Å². The van der Waals surface area contributed by atoms with Crippen LogP contribution in [0, 0.1) is 6.92 Å². The molecule has 0 N–H and O–H groups in total. The molecule has 1 fully saturated rings. The van der Waals surface area contributed by atoms with Gasteiger partial charge in [-0.3, -0.25) is 0 Å². The highest BCUT2D eigenvalue weighted by atomic mass is 127. The summed E-state index contributed by atoms with van der Waals surface area (Å²) in [5.74, 6) is 0.766. The van der Waals surface area contributed by atoms with Gasteiger partial charge < -0.3 is 37.6 Å². The Morgan fingerprint density at radius 3 is 2.83 bits per heavy atom. The van der Waals surface area contributed by atoms with Crippen molar-refractivity contribution in [3.05, 3.63) is 40.2 Å². The molecule has 4 nitrogen and oxygen atoms in total. The Kier molecular flexibility index (Phi) is 6.31. The molecule has 0 aliphatic carbocycles. The van der Waals surface area contributed by atoms with Gasteiger partial charge in [0.05, 0.1) is 19.6 Å². The molecule has 24 heavy (non-hydrogen) atoms. The first-order chi connectivity index (χ1) is 11.0. The molecular weight excluding hydrogens is 417 g/mol. The van der Waals surface area contributed by atoms with Crippen molar-refractivity contribution in [2.75, 3.05) is 26.7 Å². The van der Waals surface area contributed by atoms with Gasteiger partial charge in [-0.25, -0.2) is 4.79 Å². The second-order valence-electron chi connectivity index (χ2n) is 7.03. The minimum absolute atomic E-state index is 0. The van der Waals surface area contributed by atoms with Gasteiger partial charge in [0.15, 0.2) is 0 Å². The number of nitrogens with zero attached hydrogens (tertiary/aromatic N) is 1. The normalized spacial score (nSPS) is 23.7. The third-order valence-corrected chi connectivity index (χ3v) is 5.40. The van der Waals surface area contributed by atoms with Crippen molar-refractivity contribution in [1.29, 1.82) is 0 Å². The van der Waals surface area contributed by atoms with Crippen molar-refractivity contribution >= 4 is 11.0 Å². The van der Waals surface area contributed by atoms with E-state index in [9.17, 15) is 4.79 Å². The summed E-state index contributed by atoms with van der Waals surface area (Å²) in [6, 6.07) is 7.96. The number of ether oxygens (including phenoxy) is 1. The monoisotopic (exact) mass is 443 g/mol. The van der Waals surface area contributed by atoms with E-state index in [1.165, 1.54) is 31.9 Å². The number of aryl methyl sites for hydroxylation is 1. The summed E-state index contributed by atoms with van der Waals surface area (Å²) in [5.41, 5.74) is 1.22. The largest absolute Gasteiger partial charge is 1.00 e. The Bertz CT molecular complexity index is 758. The predicted octanol–water partition coefficient (Wildman–Crippen LogP) is 0.503. The first-order valence-corrected chi connectivity index (χ1v) is 8.49. The van der Waals surface area contributed by atoms with Crippen LogP contribution in [0.1, 0.15) is 31.7 Å². The molecule has 0 spiro atoms. The number of rotatable bonds is 4. The standard InChI is InChI=1S/C19H26NO3.HI/c1-14-12-19(21)23-18-13-16(7-8-17(14)18)22-11-10-20(3)9-5-4-6-15(20)2;/h7-8,12-13,15H,4-6,9-11H2,1-3H3;1H/q+1;/p-1. The Labute approximate surface area is 160 Å². The van der Waals surface area contributed by atoms with Gasteiger partial charge in [-0.05, 0) is 50.8 Å². The molecule has 3 rings (SSSR count). The van der Waals surface area contributed by atoms with Crippen LogP contribution >= 0.6 is 0 Å². The highest BCUT2D eigenvalue weighted by molar-refractivity contribution is 5.81. The Hall–Kier alpha value is -1.08. The fourth-order valence-corrected chi connectivity index (χ4v) is 3.54. The zero-order valence-electron chi connectivity index (χ0n) is 14.7. The molecule has 2 heterocycles. The van der Waals surface area contributed by atoms with Crippen molar-refractivity contribution in [3.8, 4) is 5.75 Å². The molecule has 1 aliphatic rings. The molecule has 0 bridgehead atoms. The third kappa shape index (κ3) is 4.11. The lowest BCUT2D eigenvalue weighted by Crippen LogP contribution is -3.00. The zero-order valence-corrected chi connectivity index (χ0v) is 16.8. The van der Waals surface area contributed by atoms with E-state index in [1.807, 2.05) is 25.1 Å². The lowest BCUT2D eigenvalue weighted by atomic mass is 10.0.